The number of esters is 1. The number of aryl methyl sites for hydroxylation is 1. The van der Waals surface area contributed by atoms with E-state index >= 15 is 0 Å². The van der Waals surface area contributed by atoms with E-state index in [1.54, 1.807) is 47.4 Å². The zero-order valence-electron chi connectivity index (χ0n) is 17.4. The number of hydrogen-bond donors (Lipinski definition) is 0. The van der Waals surface area contributed by atoms with Gasteiger partial charge in [-0.1, -0.05) is 36.4 Å². The summed E-state index contributed by atoms with van der Waals surface area (Å²) in [5, 5.41) is 6.08. The van der Waals surface area contributed by atoms with E-state index in [-0.39, 0.29) is 12.0 Å². The van der Waals surface area contributed by atoms with Crippen molar-refractivity contribution in [3.05, 3.63) is 107 Å². The molecule has 2 aromatic heterocycles. The summed E-state index contributed by atoms with van der Waals surface area (Å²) in [5.41, 5.74) is 3.46. The fourth-order valence-electron chi connectivity index (χ4n) is 3.67. The highest BCUT2D eigenvalue weighted by molar-refractivity contribution is 5.93. The van der Waals surface area contributed by atoms with Crippen LogP contribution in [0.25, 0.3) is 32.8 Å². The lowest BCUT2D eigenvalue weighted by atomic mass is 10.1. The van der Waals surface area contributed by atoms with Crippen molar-refractivity contribution in [3.63, 3.8) is 0 Å². The molecule has 5 aromatic rings. The molecule has 0 aliphatic heterocycles. The van der Waals surface area contributed by atoms with Crippen LogP contribution in [-0.2, 0) is 18.4 Å². The van der Waals surface area contributed by atoms with Gasteiger partial charge in [-0.15, -0.1) is 0 Å². The van der Waals surface area contributed by atoms with E-state index in [2.05, 4.69) is 10.1 Å². The van der Waals surface area contributed by atoms with Crippen LogP contribution in [0.4, 0.5) is 0 Å². The standard InChI is InChI=1S/C26H19N3O3/c1-29-15-21(14-28-29)20-12-23-24(27-13-20)10-9-18-8-7-17(11-22(18)25(23)30)16-32-26(31)19-5-3-2-4-6-19/h2-15H,16H2,1H3. The van der Waals surface area contributed by atoms with Crippen LogP contribution in [0.1, 0.15) is 15.9 Å². The van der Waals surface area contributed by atoms with Crippen molar-refractivity contribution in [2.75, 3.05) is 0 Å². The molecule has 2 heterocycles. The third-order valence-corrected chi connectivity index (χ3v) is 5.36. The van der Waals surface area contributed by atoms with Gasteiger partial charge in [0.1, 0.15) is 6.61 Å². The Balaban J connectivity index is 1.54. The predicted octanol–water partition coefficient (Wildman–Crippen LogP) is 4.51. The van der Waals surface area contributed by atoms with E-state index in [1.807, 2.05) is 49.6 Å². The Morgan fingerprint density at radius 3 is 2.53 bits per heavy atom. The van der Waals surface area contributed by atoms with Gasteiger partial charge in [-0.05, 0) is 41.3 Å². The van der Waals surface area contributed by atoms with Crippen LogP contribution >= 0.6 is 0 Å². The minimum Gasteiger partial charge on any atom is -0.457 e. The largest absolute Gasteiger partial charge is 0.457 e. The second-order valence-electron chi connectivity index (χ2n) is 7.59. The Bertz CT molecular complexity index is 1520. The van der Waals surface area contributed by atoms with Gasteiger partial charge < -0.3 is 4.74 Å². The number of ether oxygens (including phenoxy) is 1. The van der Waals surface area contributed by atoms with Crippen LogP contribution in [-0.4, -0.2) is 20.7 Å². The van der Waals surface area contributed by atoms with E-state index in [9.17, 15) is 9.59 Å². The number of carbonyl (C=O) groups excluding carboxylic acids is 1. The molecule has 0 amide bonds. The normalized spacial score (nSPS) is 11.0. The fraction of sp³-hybridized carbons (Fsp3) is 0.0769. The van der Waals surface area contributed by atoms with Crippen LogP contribution in [0, 0.1) is 0 Å². The average Bonchev–Trinajstić information content (AvgIpc) is 3.22. The molecule has 32 heavy (non-hydrogen) atoms. The molecule has 0 N–H and O–H groups in total. The Morgan fingerprint density at radius 1 is 0.938 bits per heavy atom. The molecule has 0 unspecified atom stereocenters. The van der Waals surface area contributed by atoms with Gasteiger partial charge in [0.15, 0.2) is 5.43 Å². The van der Waals surface area contributed by atoms with Crippen molar-refractivity contribution >= 4 is 27.6 Å². The van der Waals surface area contributed by atoms with Gasteiger partial charge in [0, 0.05) is 41.3 Å². The van der Waals surface area contributed by atoms with Gasteiger partial charge in [-0.2, -0.15) is 5.10 Å². The minimum absolute atomic E-state index is 0.0822. The number of nitrogens with zero attached hydrogens (tertiary/aromatic N) is 3. The smallest absolute Gasteiger partial charge is 0.338 e. The Hall–Kier alpha value is -4.32. The maximum absolute atomic E-state index is 13.4. The van der Waals surface area contributed by atoms with Crippen molar-refractivity contribution in [1.29, 1.82) is 0 Å². The molecular formula is C26H19N3O3. The third kappa shape index (κ3) is 3.74. The summed E-state index contributed by atoms with van der Waals surface area (Å²) in [4.78, 5) is 30.2. The van der Waals surface area contributed by atoms with E-state index in [0.29, 0.717) is 21.9 Å². The lowest BCUT2D eigenvalue weighted by molar-refractivity contribution is 0.0473. The van der Waals surface area contributed by atoms with Crippen LogP contribution in [0.2, 0.25) is 0 Å². The van der Waals surface area contributed by atoms with E-state index in [0.717, 1.165) is 22.1 Å². The lowest BCUT2D eigenvalue weighted by Crippen LogP contribution is -2.05. The summed E-state index contributed by atoms with van der Waals surface area (Å²) in [7, 11) is 1.84. The fourth-order valence-corrected chi connectivity index (χ4v) is 3.67. The molecule has 3 aromatic carbocycles. The number of carbonyl (C=O) groups is 1. The second-order valence-corrected chi connectivity index (χ2v) is 7.59. The molecule has 0 atom stereocenters. The molecule has 0 saturated heterocycles. The van der Waals surface area contributed by atoms with Crippen molar-refractivity contribution < 1.29 is 9.53 Å². The number of rotatable bonds is 4. The van der Waals surface area contributed by atoms with Crippen molar-refractivity contribution in [1.82, 2.24) is 14.8 Å². The molecule has 0 spiro atoms. The predicted molar refractivity (Wildman–Crippen MR) is 123 cm³/mol. The number of aromatic nitrogens is 3. The number of hydrogen-bond acceptors (Lipinski definition) is 5. The zero-order chi connectivity index (χ0) is 22.1. The lowest BCUT2D eigenvalue weighted by Gasteiger charge is -2.05. The second kappa shape index (κ2) is 8.07. The van der Waals surface area contributed by atoms with Crippen molar-refractivity contribution in [2.45, 2.75) is 6.61 Å². The molecule has 6 nitrogen and oxygen atoms in total. The zero-order valence-corrected chi connectivity index (χ0v) is 17.4. The first-order valence-corrected chi connectivity index (χ1v) is 10.2. The van der Waals surface area contributed by atoms with Crippen molar-refractivity contribution in [3.8, 4) is 11.1 Å². The quantitative estimate of drug-likeness (QED) is 0.399. The topological polar surface area (TPSA) is 74.1 Å². The monoisotopic (exact) mass is 421 g/mol. The highest BCUT2D eigenvalue weighted by Crippen LogP contribution is 2.22. The molecular weight excluding hydrogens is 402 g/mol. The Labute approximate surface area is 183 Å². The van der Waals surface area contributed by atoms with Crippen LogP contribution < -0.4 is 5.43 Å². The summed E-state index contributed by atoms with van der Waals surface area (Å²) in [6.45, 7) is 0.0822. The summed E-state index contributed by atoms with van der Waals surface area (Å²) >= 11 is 0. The van der Waals surface area contributed by atoms with Gasteiger partial charge in [0.05, 0.1) is 17.3 Å². The maximum Gasteiger partial charge on any atom is 0.338 e. The highest BCUT2D eigenvalue weighted by Gasteiger charge is 2.10. The molecule has 0 bridgehead atoms. The van der Waals surface area contributed by atoms with E-state index in [1.165, 1.54) is 0 Å². The van der Waals surface area contributed by atoms with Gasteiger partial charge in [-0.3, -0.25) is 14.5 Å². The molecule has 156 valence electrons. The number of pyridine rings is 1. The van der Waals surface area contributed by atoms with Crippen LogP contribution in [0.15, 0.2) is 90.1 Å². The molecule has 0 aliphatic carbocycles. The SMILES string of the molecule is Cn1cc(-c2cnc3ccc4ccc(COC(=O)c5ccccc5)cc4c(=O)c3c2)cn1. The maximum atomic E-state index is 13.4. The van der Waals surface area contributed by atoms with E-state index in [4.69, 9.17) is 4.74 Å². The molecule has 6 heteroatoms. The summed E-state index contributed by atoms with van der Waals surface area (Å²) < 4.78 is 7.14. The Morgan fingerprint density at radius 2 is 1.75 bits per heavy atom. The summed E-state index contributed by atoms with van der Waals surface area (Å²) in [6, 6.07) is 19.9. The summed E-state index contributed by atoms with van der Waals surface area (Å²) in [6.07, 6.45) is 5.37. The first-order chi connectivity index (χ1) is 15.6. The first kappa shape index (κ1) is 19.6. The van der Waals surface area contributed by atoms with Gasteiger partial charge in [0.2, 0.25) is 0 Å². The third-order valence-electron chi connectivity index (χ3n) is 5.36. The van der Waals surface area contributed by atoms with Gasteiger partial charge >= 0.3 is 5.97 Å². The van der Waals surface area contributed by atoms with Gasteiger partial charge in [0.25, 0.3) is 0 Å². The van der Waals surface area contributed by atoms with Crippen LogP contribution in [0.5, 0.6) is 0 Å². The van der Waals surface area contributed by atoms with E-state index < -0.39 is 5.97 Å². The molecule has 0 saturated carbocycles. The molecule has 5 rings (SSSR count). The number of fused-ring (bicyclic) bond motifs is 2. The average molecular weight is 421 g/mol. The number of benzene rings is 2. The molecule has 0 aliphatic rings. The Kier molecular flexibility index (Phi) is 4.95. The first-order valence-electron chi connectivity index (χ1n) is 10.2. The molecule has 0 fully saturated rings. The summed E-state index contributed by atoms with van der Waals surface area (Å²) in [5.74, 6) is -0.401. The highest BCUT2D eigenvalue weighted by atomic mass is 16.5. The van der Waals surface area contributed by atoms with Gasteiger partial charge in [-0.25, -0.2) is 4.79 Å². The van der Waals surface area contributed by atoms with Crippen molar-refractivity contribution in [2.24, 2.45) is 7.05 Å². The molecule has 0 radical (unpaired) electrons. The minimum atomic E-state index is -0.401. The van der Waals surface area contributed by atoms with Crippen LogP contribution in [0.3, 0.4) is 0 Å².